The summed E-state index contributed by atoms with van der Waals surface area (Å²) < 4.78 is 6.59. The lowest BCUT2D eigenvalue weighted by Gasteiger charge is -2.27. The number of hydrogen-bond acceptors (Lipinski definition) is 2. The van der Waals surface area contributed by atoms with E-state index in [9.17, 15) is 0 Å². The van der Waals surface area contributed by atoms with E-state index in [1.54, 1.807) is 0 Å². The van der Waals surface area contributed by atoms with Crippen molar-refractivity contribution in [2.45, 2.75) is 19.3 Å². The minimum absolute atomic E-state index is 0.0950. The van der Waals surface area contributed by atoms with Crippen molar-refractivity contribution >= 4 is 39.0 Å². The fourth-order valence-electron chi connectivity index (χ4n) is 8.47. The average Bonchev–Trinajstić information content (AvgIpc) is 3.70. The Hall–Kier alpha value is -6.64. The van der Waals surface area contributed by atoms with Crippen molar-refractivity contribution in [3.63, 3.8) is 0 Å². The second kappa shape index (κ2) is 12.3. The molecular formula is C51H37NO. The highest BCUT2D eigenvalue weighted by Gasteiger charge is 2.37. The molecule has 1 aromatic heterocycles. The molecule has 1 aliphatic rings. The van der Waals surface area contributed by atoms with Crippen molar-refractivity contribution in [1.29, 1.82) is 0 Å². The van der Waals surface area contributed by atoms with E-state index in [-0.39, 0.29) is 5.41 Å². The predicted octanol–water partition coefficient (Wildman–Crippen LogP) is 14.4. The van der Waals surface area contributed by atoms with Crippen LogP contribution in [0, 0.1) is 0 Å². The average molecular weight is 680 g/mol. The van der Waals surface area contributed by atoms with Crippen molar-refractivity contribution < 1.29 is 4.42 Å². The molecule has 10 rings (SSSR count). The van der Waals surface area contributed by atoms with Crippen LogP contribution in [0.1, 0.15) is 25.0 Å². The quantitative estimate of drug-likeness (QED) is 0.174. The zero-order valence-corrected chi connectivity index (χ0v) is 29.8. The zero-order valence-electron chi connectivity index (χ0n) is 29.8. The van der Waals surface area contributed by atoms with Gasteiger partial charge in [-0.2, -0.15) is 0 Å². The topological polar surface area (TPSA) is 16.4 Å². The van der Waals surface area contributed by atoms with Gasteiger partial charge in [0.2, 0.25) is 0 Å². The maximum Gasteiger partial charge on any atom is 0.136 e. The third kappa shape index (κ3) is 5.10. The Morgan fingerprint density at radius 2 is 0.943 bits per heavy atom. The first-order chi connectivity index (χ1) is 26.0. The molecule has 0 unspecified atom stereocenters. The molecule has 2 nitrogen and oxygen atoms in total. The van der Waals surface area contributed by atoms with E-state index in [2.05, 4.69) is 207 Å². The minimum atomic E-state index is -0.0950. The number of furan rings is 1. The van der Waals surface area contributed by atoms with E-state index < -0.39 is 0 Å². The van der Waals surface area contributed by atoms with Crippen molar-refractivity contribution in [2.75, 3.05) is 4.90 Å². The molecule has 0 radical (unpaired) electrons. The van der Waals surface area contributed by atoms with Crippen LogP contribution < -0.4 is 4.90 Å². The van der Waals surface area contributed by atoms with Gasteiger partial charge in [0.25, 0.3) is 0 Å². The highest BCUT2D eigenvalue weighted by molar-refractivity contribution is 6.16. The molecule has 0 atom stereocenters. The number of benzene rings is 8. The fourth-order valence-corrected chi connectivity index (χ4v) is 8.47. The molecule has 8 aromatic carbocycles. The van der Waals surface area contributed by atoms with Crippen LogP contribution in [0.2, 0.25) is 0 Å². The monoisotopic (exact) mass is 679 g/mol. The van der Waals surface area contributed by atoms with Crippen LogP contribution in [-0.4, -0.2) is 0 Å². The molecule has 9 aromatic rings. The molecule has 1 heterocycles. The number of fused-ring (bicyclic) bond motifs is 7. The third-order valence-corrected chi connectivity index (χ3v) is 11.1. The summed E-state index contributed by atoms with van der Waals surface area (Å²) in [6, 6.07) is 67.7. The van der Waals surface area contributed by atoms with Gasteiger partial charge in [-0.05, 0) is 104 Å². The van der Waals surface area contributed by atoms with Gasteiger partial charge in [0.1, 0.15) is 11.2 Å². The van der Waals surface area contributed by atoms with Gasteiger partial charge in [0.05, 0.1) is 0 Å². The molecule has 2 heteroatoms. The summed E-state index contributed by atoms with van der Waals surface area (Å²) in [4.78, 5) is 2.38. The van der Waals surface area contributed by atoms with E-state index in [0.29, 0.717) is 0 Å². The molecule has 252 valence electrons. The van der Waals surface area contributed by atoms with Gasteiger partial charge in [-0.3, -0.25) is 0 Å². The second-order valence-electron chi connectivity index (χ2n) is 14.5. The van der Waals surface area contributed by atoms with Crippen LogP contribution in [-0.2, 0) is 5.41 Å². The van der Waals surface area contributed by atoms with Gasteiger partial charge in [-0.15, -0.1) is 0 Å². The molecule has 0 amide bonds. The summed E-state index contributed by atoms with van der Waals surface area (Å²) in [6.45, 7) is 4.67. The van der Waals surface area contributed by atoms with Crippen LogP contribution in [0.15, 0.2) is 192 Å². The number of hydrogen-bond donors (Lipinski definition) is 0. The lowest BCUT2D eigenvalue weighted by atomic mass is 9.82. The van der Waals surface area contributed by atoms with Crippen molar-refractivity contribution in [3.05, 3.63) is 199 Å². The van der Waals surface area contributed by atoms with Crippen LogP contribution in [0.5, 0.6) is 0 Å². The van der Waals surface area contributed by atoms with Crippen molar-refractivity contribution in [1.82, 2.24) is 0 Å². The van der Waals surface area contributed by atoms with Crippen LogP contribution in [0.4, 0.5) is 17.1 Å². The fraction of sp³-hybridized carbons (Fsp3) is 0.0588. The van der Waals surface area contributed by atoms with Crippen LogP contribution >= 0.6 is 0 Å². The Bertz CT molecular complexity index is 2780. The molecule has 0 N–H and O–H groups in total. The maximum absolute atomic E-state index is 6.59. The minimum Gasteiger partial charge on any atom is -0.456 e. The Labute approximate surface area is 310 Å². The van der Waals surface area contributed by atoms with Gasteiger partial charge in [-0.25, -0.2) is 0 Å². The highest BCUT2D eigenvalue weighted by atomic mass is 16.3. The first-order valence-electron chi connectivity index (χ1n) is 18.3. The zero-order chi connectivity index (χ0) is 35.5. The number of nitrogens with zero attached hydrogens (tertiary/aromatic N) is 1. The van der Waals surface area contributed by atoms with E-state index >= 15 is 0 Å². The molecule has 0 aliphatic heterocycles. The van der Waals surface area contributed by atoms with Crippen molar-refractivity contribution in [3.8, 4) is 44.5 Å². The van der Waals surface area contributed by atoms with E-state index in [0.717, 1.165) is 33.6 Å². The summed E-state index contributed by atoms with van der Waals surface area (Å²) in [6.07, 6.45) is 0. The smallest absolute Gasteiger partial charge is 0.136 e. The van der Waals surface area contributed by atoms with Gasteiger partial charge in [-0.1, -0.05) is 153 Å². The number of rotatable bonds is 6. The Morgan fingerprint density at radius 1 is 0.396 bits per heavy atom. The lowest BCUT2D eigenvalue weighted by molar-refractivity contribution is 0.656. The highest BCUT2D eigenvalue weighted by Crippen LogP contribution is 2.53. The first kappa shape index (κ1) is 31.1. The van der Waals surface area contributed by atoms with E-state index in [1.807, 2.05) is 0 Å². The standard InChI is InChI=1S/C51H37NO/c1-51(2)45-21-13-12-20-42(45)49-46(51)29-31-48-50(49)44-33-40(27-30-47(44)53-48)52(38-24-22-35(23-25-38)34-14-6-3-7-15-34)39-26-28-41(36-16-8-4-9-17-36)43(32-39)37-18-10-5-11-19-37/h3-33H,1-2H3. The van der Waals surface area contributed by atoms with Gasteiger partial charge in [0.15, 0.2) is 0 Å². The number of anilines is 3. The van der Waals surface area contributed by atoms with Crippen molar-refractivity contribution in [2.24, 2.45) is 0 Å². The van der Waals surface area contributed by atoms with Crippen LogP contribution in [0.25, 0.3) is 66.4 Å². The molecule has 0 fully saturated rings. The molecular weight excluding hydrogens is 643 g/mol. The largest absolute Gasteiger partial charge is 0.456 e. The normalized spacial score (nSPS) is 12.9. The Kier molecular flexibility index (Phi) is 7.19. The predicted molar refractivity (Wildman–Crippen MR) is 222 cm³/mol. The summed E-state index contributed by atoms with van der Waals surface area (Å²) in [5.74, 6) is 0. The molecule has 0 bridgehead atoms. The van der Waals surface area contributed by atoms with Crippen LogP contribution in [0.3, 0.4) is 0 Å². The SMILES string of the molecule is CC1(C)c2ccccc2-c2c1ccc1oc3ccc(N(c4ccc(-c5ccccc5)cc4)c4ccc(-c5ccccc5)c(-c5ccccc5)c4)cc3c21. The molecule has 53 heavy (non-hydrogen) atoms. The summed E-state index contributed by atoms with van der Waals surface area (Å²) in [7, 11) is 0. The molecule has 0 saturated heterocycles. The van der Waals surface area contributed by atoms with E-state index in [1.165, 1.54) is 61.0 Å². The van der Waals surface area contributed by atoms with Gasteiger partial charge >= 0.3 is 0 Å². The van der Waals surface area contributed by atoms with E-state index in [4.69, 9.17) is 4.42 Å². The molecule has 1 aliphatic carbocycles. The maximum atomic E-state index is 6.59. The van der Waals surface area contributed by atoms with Gasteiger partial charge < -0.3 is 9.32 Å². The summed E-state index contributed by atoms with van der Waals surface area (Å²) >= 11 is 0. The Balaban J connectivity index is 1.20. The first-order valence-corrected chi connectivity index (χ1v) is 18.3. The Morgan fingerprint density at radius 3 is 1.66 bits per heavy atom. The second-order valence-corrected chi connectivity index (χ2v) is 14.5. The lowest BCUT2D eigenvalue weighted by Crippen LogP contribution is -2.14. The molecule has 0 saturated carbocycles. The summed E-state index contributed by atoms with van der Waals surface area (Å²) in [5.41, 5.74) is 17.4. The summed E-state index contributed by atoms with van der Waals surface area (Å²) in [5, 5.41) is 2.30. The molecule has 0 spiro atoms. The van der Waals surface area contributed by atoms with Gasteiger partial charge in [0, 0.05) is 33.2 Å². The third-order valence-electron chi connectivity index (χ3n) is 11.1.